The zero-order valence-electron chi connectivity index (χ0n) is 10.6. The molecule has 2 unspecified atom stereocenters. The van der Waals surface area contributed by atoms with Crippen LogP contribution in [-0.4, -0.2) is 18.9 Å². The van der Waals surface area contributed by atoms with Crippen LogP contribution < -0.4 is 0 Å². The summed E-state index contributed by atoms with van der Waals surface area (Å²) >= 11 is 0. The summed E-state index contributed by atoms with van der Waals surface area (Å²) < 4.78 is 4.77. The second-order valence-electron chi connectivity index (χ2n) is 4.80. The number of carbonyl (C=O) groups excluding carboxylic acids is 2. The van der Waals surface area contributed by atoms with Gasteiger partial charge < -0.3 is 4.74 Å². The fraction of sp³-hybridized carbons (Fsp3) is 0.467. The van der Waals surface area contributed by atoms with Crippen molar-refractivity contribution in [3.63, 3.8) is 0 Å². The number of benzene rings is 1. The Labute approximate surface area is 107 Å². The third-order valence-electron chi connectivity index (χ3n) is 3.65. The summed E-state index contributed by atoms with van der Waals surface area (Å²) in [6.45, 7) is 0. The molecule has 0 heterocycles. The van der Waals surface area contributed by atoms with Crippen molar-refractivity contribution in [2.45, 2.75) is 25.7 Å². The fourth-order valence-electron chi connectivity index (χ4n) is 2.71. The average molecular weight is 246 g/mol. The number of ether oxygens (including phenoxy) is 1. The monoisotopic (exact) mass is 246 g/mol. The lowest BCUT2D eigenvalue weighted by Crippen LogP contribution is -2.27. The summed E-state index contributed by atoms with van der Waals surface area (Å²) in [5.41, 5.74) is 1.01. The minimum absolute atomic E-state index is 0.155. The van der Waals surface area contributed by atoms with Crippen LogP contribution in [0, 0.1) is 11.8 Å². The van der Waals surface area contributed by atoms with E-state index in [0.29, 0.717) is 6.42 Å². The van der Waals surface area contributed by atoms with Gasteiger partial charge in [0.15, 0.2) is 0 Å². The predicted molar refractivity (Wildman–Crippen MR) is 68.0 cm³/mol. The molecule has 3 heteroatoms. The van der Waals surface area contributed by atoms with Crippen LogP contribution in [-0.2, 0) is 20.7 Å². The Morgan fingerprint density at radius 3 is 2.50 bits per heavy atom. The van der Waals surface area contributed by atoms with Gasteiger partial charge in [0.1, 0.15) is 5.78 Å². The van der Waals surface area contributed by atoms with Gasteiger partial charge in [-0.25, -0.2) is 0 Å². The van der Waals surface area contributed by atoms with Gasteiger partial charge in [-0.1, -0.05) is 36.8 Å². The molecule has 2 rings (SSSR count). The van der Waals surface area contributed by atoms with Gasteiger partial charge in [0.2, 0.25) is 0 Å². The van der Waals surface area contributed by atoms with Crippen LogP contribution in [0.25, 0.3) is 0 Å². The Kier molecular flexibility index (Phi) is 4.13. The van der Waals surface area contributed by atoms with Crippen LogP contribution in [0.4, 0.5) is 0 Å². The molecule has 1 aromatic carbocycles. The fourth-order valence-corrected chi connectivity index (χ4v) is 2.71. The highest BCUT2D eigenvalue weighted by molar-refractivity contribution is 5.88. The van der Waals surface area contributed by atoms with Crippen molar-refractivity contribution in [1.82, 2.24) is 0 Å². The first kappa shape index (κ1) is 12.8. The summed E-state index contributed by atoms with van der Waals surface area (Å²) in [6.07, 6.45) is 2.94. The van der Waals surface area contributed by atoms with E-state index in [-0.39, 0.29) is 23.6 Å². The number of rotatable bonds is 4. The van der Waals surface area contributed by atoms with E-state index in [4.69, 9.17) is 4.74 Å². The minimum atomic E-state index is -0.237. The Balaban J connectivity index is 2.02. The highest BCUT2D eigenvalue weighted by Crippen LogP contribution is 2.34. The molecule has 1 fully saturated rings. The molecule has 1 aliphatic carbocycles. The maximum absolute atomic E-state index is 12.2. The van der Waals surface area contributed by atoms with Crippen molar-refractivity contribution < 1.29 is 14.3 Å². The highest BCUT2D eigenvalue weighted by atomic mass is 16.5. The van der Waals surface area contributed by atoms with E-state index in [9.17, 15) is 9.59 Å². The lowest BCUT2D eigenvalue weighted by Gasteiger charge is -2.16. The molecule has 0 aromatic heterocycles. The molecule has 1 saturated carbocycles. The number of hydrogen-bond acceptors (Lipinski definition) is 3. The number of ketones is 1. The zero-order chi connectivity index (χ0) is 13.0. The van der Waals surface area contributed by atoms with E-state index < -0.39 is 0 Å². The molecule has 0 spiro atoms. The van der Waals surface area contributed by atoms with Crippen molar-refractivity contribution in [1.29, 1.82) is 0 Å². The summed E-state index contributed by atoms with van der Waals surface area (Å²) in [6, 6.07) is 9.67. The van der Waals surface area contributed by atoms with Gasteiger partial charge in [-0.3, -0.25) is 9.59 Å². The van der Waals surface area contributed by atoms with Crippen LogP contribution in [0.1, 0.15) is 24.8 Å². The third-order valence-corrected chi connectivity index (χ3v) is 3.65. The lowest BCUT2D eigenvalue weighted by molar-refractivity contribution is -0.148. The van der Waals surface area contributed by atoms with Gasteiger partial charge in [0.25, 0.3) is 0 Å². The van der Waals surface area contributed by atoms with Gasteiger partial charge in [-0.15, -0.1) is 0 Å². The standard InChI is InChI=1S/C15H18O3/c1-18-15(17)13-9-5-8-12(13)14(16)10-11-6-3-2-4-7-11/h2-4,6-7,12-13H,5,8-10H2,1H3. The number of esters is 1. The molecule has 2 atom stereocenters. The predicted octanol–water partition coefficient (Wildman–Crippen LogP) is 2.39. The molecule has 18 heavy (non-hydrogen) atoms. The maximum Gasteiger partial charge on any atom is 0.309 e. The van der Waals surface area contributed by atoms with E-state index in [1.165, 1.54) is 7.11 Å². The molecule has 1 aliphatic rings. The van der Waals surface area contributed by atoms with Gasteiger partial charge in [-0.2, -0.15) is 0 Å². The molecule has 0 radical (unpaired) electrons. The third kappa shape index (κ3) is 2.78. The van der Waals surface area contributed by atoms with Crippen molar-refractivity contribution in [2.24, 2.45) is 11.8 Å². The van der Waals surface area contributed by atoms with Crippen molar-refractivity contribution in [3.05, 3.63) is 35.9 Å². The van der Waals surface area contributed by atoms with Crippen LogP contribution in [0.15, 0.2) is 30.3 Å². The number of Topliss-reactive ketones (excluding diaryl/α,β-unsaturated/α-hetero) is 1. The van der Waals surface area contributed by atoms with Crippen LogP contribution in [0.3, 0.4) is 0 Å². The lowest BCUT2D eigenvalue weighted by atomic mass is 9.89. The first-order chi connectivity index (χ1) is 8.72. The van der Waals surface area contributed by atoms with Crippen LogP contribution in [0.5, 0.6) is 0 Å². The Morgan fingerprint density at radius 2 is 1.83 bits per heavy atom. The zero-order valence-corrected chi connectivity index (χ0v) is 10.6. The molecule has 0 bridgehead atoms. The molecule has 3 nitrogen and oxygen atoms in total. The van der Waals surface area contributed by atoms with Crippen molar-refractivity contribution in [2.75, 3.05) is 7.11 Å². The largest absolute Gasteiger partial charge is 0.469 e. The van der Waals surface area contributed by atoms with E-state index in [1.54, 1.807) is 0 Å². The van der Waals surface area contributed by atoms with Crippen LogP contribution in [0.2, 0.25) is 0 Å². The normalized spacial score (nSPS) is 22.7. The number of carbonyl (C=O) groups is 2. The molecule has 0 saturated heterocycles. The van der Waals surface area contributed by atoms with E-state index in [0.717, 1.165) is 24.8 Å². The van der Waals surface area contributed by atoms with Crippen molar-refractivity contribution >= 4 is 11.8 Å². The Morgan fingerprint density at radius 1 is 1.17 bits per heavy atom. The molecule has 1 aromatic rings. The molecular weight excluding hydrogens is 228 g/mol. The first-order valence-electron chi connectivity index (χ1n) is 6.37. The summed E-state index contributed by atoms with van der Waals surface area (Å²) in [5, 5.41) is 0. The van der Waals surface area contributed by atoms with E-state index >= 15 is 0 Å². The Bertz CT molecular complexity index is 425. The number of hydrogen-bond donors (Lipinski definition) is 0. The second-order valence-corrected chi connectivity index (χ2v) is 4.80. The smallest absolute Gasteiger partial charge is 0.309 e. The van der Waals surface area contributed by atoms with Crippen molar-refractivity contribution in [3.8, 4) is 0 Å². The van der Waals surface area contributed by atoms with E-state index in [2.05, 4.69) is 0 Å². The molecule has 0 aliphatic heterocycles. The Hall–Kier alpha value is -1.64. The second kappa shape index (κ2) is 5.80. The molecule has 0 amide bonds. The minimum Gasteiger partial charge on any atom is -0.469 e. The maximum atomic E-state index is 12.2. The topological polar surface area (TPSA) is 43.4 Å². The SMILES string of the molecule is COC(=O)C1CCCC1C(=O)Cc1ccccc1. The average Bonchev–Trinajstić information content (AvgIpc) is 2.88. The van der Waals surface area contributed by atoms with Crippen LogP contribution >= 0.6 is 0 Å². The van der Waals surface area contributed by atoms with Gasteiger partial charge in [0, 0.05) is 12.3 Å². The number of methoxy groups -OCH3 is 1. The summed E-state index contributed by atoms with van der Waals surface area (Å²) in [5.74, 6) is -0.461. The van der Waals surface area contributed by atoms with Gasteiger partial charge in [-0.05, 0) is 18.4 Å². The van der Waals surface area contributed by atoms with Gasteiger partial charge in [0.05, 0.1) is 13.0 Å². The molecule has 0 N–H and O–H groups in total. The summed E-state index contributed by atoms with van der Waals surface area (Å²) in [7, 11) is 1.39. The van der Waals surface area contributed by atoms with Gasteiger partial charge >= 0.3 is 5.97 Å². The summed E-state index contributed by atoms with van der Waals surface area (Å²) in [4.78, 5) is 23.8. The quantitative estimate of drug-likeness (QED) is 0.766. The highest BCUT2D eigenvalue weighted by Gasteiger charge is 2.37. The molecule has 96 valence electrons. The van der Waals surface area contributed by atoms with E-state index in [1.807, 2.05) is 30.3 Å². The molecular formula is C15H18O3. The first-order valence-corrected chi connectivity index (χ1v) is 6.37.